The van der Waals surface area contributed by atoms with Crippen molar-refractivity contribution in [1.29, 1.82) is 0 Å². The standard InChI is InChI=1S/C5H10N2S/c8-7-3-5(4-7)1-2-6-5/h6,8H,1-4H2. The molecule has 0 aromatic heterocycles. The highest BCUT2D eigenvalue weighted by atomic mass is 32.1. The molecule has 2 aliphatic heterocycles. The molecule has 8 heavy (non-hydrogen) atoms. The average Bonchev–Trinajstić information content (AvgIpc) is 1.51. The lowest BCUT2D eigenvalue weighted by molar-refractivity contribution is 0.0628. The van der Waals surface area contributed by atoms with Crippen molar-refractivity contribution in [3.63, 3.8) is 0 Å². The predicted molar refractivity (Wildman–Crippen MR) is 35.9 cm³/mol. The van der Waals surface area contributed by atoms with Crippen molar-refractivity contribution in [3.8, 4) is 0 Å². The van der Waals surface area contributed by atoms with E-state index in [1.165, 1.54) is 13.0 Å². The molecule has 2 rings (SSSR count). The van der Waals surface area contributed by atoms with Crippen LogP contribution in [0, 0.1) is 0 Å². The fourth-order valence-corrected chi connectivity index (χ4v) is 1.94. The summed E-state index contributed by atoms with van der Waals surface area (Å²) in [5.41, 5.74) is 0.516. The number of nitrogens with one attached hydrogen (secondary N) is 1. The topological polar surface area (TPSA) is 15.3 Å². The van der Waals surface area contributed by atoms with Crippen molar-refractivity contribution in [2.45, 2.75) is 12.0 Å². The van der Waals surface area contributed by atoms with Gasteiger partial charge in [-0.3, -0.25) is 0 Å². The number of hydrogen-bond donors (Lipinski definition) is 2. The Balaban J connectivity index is 1.92. The van der Waals surface area contributed by atoms with E-state index in [2.05, 4.69) is 18.1 Å². The maximum atomic E-state index is 4.18. The van der Waals surface area contributed by atoms with Crippen LogP contribution in [0.2, 0.25) is 0 Å². The Kier molecular flexibility index (Phi) is 0.892. The van der Waals surface area contributed by atoms with Gasteiger partial charge in [0.2, 0.25) is 0 Å². The van der Waals surface area contributed by atoms with Gasteiger partial charge >= 0.3 is 0 Å². The maximum absolute atomic E-state index is 4.18. The van der Waals surface area contributed by atoms with E-state index in [4.69, 9.17) is 0 Å². The largest absolute Gasteiger partial charge is 0.309 e. The molecule has 0 aromatic rings. The Morgan fingerprint density at radius 1 is 1.50 bits per heavy atom. The lowest BCUT2D eigenvalue weighted by atomic mass is 9.82. The Morgan fingerprint density at radius 3 is 2.25 bits per heavy atom. The molecule has 2 fully saturated rings. The molecule has 0 radical (unpaired) electrons. The van der Waals surface area contributed by atoms with Gasteiger partial charge in [0.1, 0.15) is 0 Å². The minimum absolute atomic E-state index is 0.516. The van der Waals surface area contributed by atoms with E-state index in [9.17, 15) is 0 Å². The number of rotatable bonds is 0. The highest BCUT2D eigenvalue weighted by Gasteiger charge is 2.45. The summed E-state index contributed by atoms with van der Waals surface area (Å²) in [6.07, 6.45) is 1.35. The molecule has 46 valence electrons. The van der Waals surface area contributed by atoms with Crippen molar-refractivity contribution in [2.75, 3.05) is 19.6 Å². The van der Waals surface area contributed by atoms with E-state index in [1.807, 2.05) is 4.31 Å². The smallest absolute Gasteiger partial charge is 0.0468 e. The number of thiol groups is 1. The molecular formula is C5H10N2S. The third-order valence-corrected chi connectivity index (χ3v) is 2.36. The Bertz CT molecular complexity index is 103. The molecule has 2 saturated heterocycles. The van der Waals surface area contributed by atoms with Crippen molar-refractivity contribution in [2.24, 2.45) is 0 Å². The summed E-state index contributed by atoms with van der Waals surface area (Å²) in [4.78, 5) is 0. The van der Waals surface area contributed by atoms with Gasteiger partial charge in [-0.05, 0) is 13.0 Å². The quantitative estimate of drug-likeness (QED) is 0.444. The van der Waals surface area contributed by atoms with Gasteiger partial charge < -0.3 is 5.32 Å². The zero-order chi connectivity index (χ0) is 5.61. The average molecular weight is 130 g/mol. The Labute approximate surface area is 54.8 Å². The molecule has 1 N–H and O–H groups in total. The molecule has 1 spiro atoms. The third kappa shape index (κ3) is 0.522. The first-order valence-electron chi connectivity index (χ1n) is 3.00. The van der Waals surface area contributed by atoms with Crippen LogP contribution in [0.5, 0.6) is 0 Å². The van der Waals surface area contributed by atoms with Crippen molar-refractivity contribution in [3.05, 3.63) is 0 Å². The van der Waals surface area contributed by atoms with Crippen molar-refractivity contribution in [1.82, 2.24) is 9.62 Å². The van der Waals surface area contributed by atoms with Gasteiger partial charge in [-0.1, -0.05) is 12.8 Å². The minimum Gasteiger partial charge on any atom is -0.309 e. The lowest BCUT2D eigenvalue weighted by Crippen LogP contribution is -2.73. The fraction of sp³-hybridized carbons (Fsp3) is 1.00. The van der Waals surface area contributed by atoms with Gasteiger partial charge in [0, 0.05) is 18.6 Å². The number of hydrogen-bond acceptors (Lipinski definition) is 3. The summed E-state index contributed by atoms with van der Waals surface area (Å²) in [5.74, 6) is 0. The molecule has 2 nitrogen and oxygen atoms in total. The van der Waals surface area contributed by atoms with Gasteiger partial charge in [-0.15, -0.1) is 0 Å². The molecule has 0 saturated carbocycles. The second-order valence-electron chi connectivity index (χ2n) is 2.78. The van der Waals surface area contributed by atoms with E-state index in [1.54, 1.807) is 0 Å². The SMILES string of the molecule is SN1CC2(CCN2)C1. The highest BCUT2D eigenvalue weighted by molar-refractivity contribution is 7.77. The summed E-state index contributed by atoms with van der Waals surface area (Å²) in [5, 5.41) is 3.40. The van der Waals surface area contributed by atoms with Crippen LogP contribution in [0.1, 0.15) is 6.42 Å². The predicted octanol–water partition coefficient (Wildman–Crippen LogP) is -0.121. The van der Waals surface area contributed by atoms with Gasteiger partial charge in [0.15, 0.2) is 0 Å². The Morgan fingerprint density at radius 2 is 2.12 bits per heavy atom. The third-order valence-electron chi connectivity index (χ3n) is 2.07. The number of nitrogens with zero attached hydrogens (tertiary/aromatic N) is 1. The van der Waals surface area contributed by atoms with Crippen LogP contribution < -0.4 is 5.32 Å². The van der Waals surface area contributed by atoms with Crippen LogP contribution in [0.15, 0.2) is 0 Å². The van der Waals surface area contributed by atoms with Crippen LogP contribution in [0.3, 0.4) is 0 Å². The molecule has 2 aliphatic rings. The lowest BCUT2D eigenvalue weighted by Gasteiger charge is -2.54. The molecule has 0 unspecified atom stereocenters. The second-order valence-corrected chi connectivity index (χ2v) is 3.35. The van der Waals surface area contributed by atoms with E-state index in [-0.39, 0.29) is 0 Å². The summed E-state index contributed by atoms with van der Waals surface area (Å²) < 4.78 is 2.05. The first kappa shape index (κ1) is 5.09. The van der Waals surface area contributed by atoms with Crippen LogP contribution in [0.25, 0.3) is 0 Å². The summed E-state index contributed by atoms with van der Waals surface area (Å²) in [6.45, 7) is 3.48. The van der Waals surface area contributed by atoms with Gasteiger partial charge in [-0.2, -0.15) is 0 Å². The second kappa shape index (κ2) is 1.40. The maximum Gasteiger partial charge on any atom is 0.0468 e. The minimum atomic E-state index is 0.516. The van der Waals surface area contributed by atoms with Crippen molar-refractivity contribution >= 4 is 12.8 Å². The molecular weight excluding hydrogens is 120 g/mol. The molecule has 0 bridgehead atoms. The normalized spacial score (nSPS) is 34.1. The molecule has 0 aromatic carbocycles. The van der Waals surface area contributed by atoms with Crippen LogP contribution in [0.4, 0.5) is 0 Å². The summed E-state index contributed by atoms with van der Waals surface area (Å²) in [6, 6.07) is 0. The van der Waals surface area contributed by atoms with Gasteiger partial charge in [0.05, 0.1) is 0 Å². The molecule has 2 heterocycles. The zero-order valence-electron chi connectivity index (χ0n) is 4.72. The molecule has 3 heteroatoms. The summed E-state index contributed by atoms with van der Waals surface area (Å²) in [7, 11) is 0. The monoisotopic (exact) mass is 130 g/mol. The Hall–Kier alpha value is 0.270. The first-order chi connectivity index (χ1) is 3.81. The zero-order valence-corrected chi connectivity index (χ0v) is 5.62. The van der Waals surface area contributed by atoms with E-state index in [0.717, 1.165) is 13.1 Å². The molecule has 0 aliphatic carbocycles. The first-order valence-corrected chi connectivity index (χ1v) is 3.40. The molecule has 0 atom stereocenters. The van der Waals surface area contributed by atoms with E-state index >= 15 is 0 Å². The van der Waals surface area contributed by atoms with E-state index < -0.39 is 0 Å². The van der Waals surface area contributed by atoms with Gasteiger partial charge in [0.25, 0.3) is 0 Å². The molecule has 0 amide bonds. The fourth-order valence-electron chi connectivity index (χ4n) is 1.40. The van der Waals surface area contributed by atoms with Crippen LogP contribution in [-0.4, -0.2) is 29.5 Å². The van der Waals surface area contributed by atoms with Crippen LogP contribution >= 0.6 is 12.8 Å². The van der Waals surface area contributed by atoms with Crippen LogP contribution in [-0.2, 0) is 0 Å². The van der Waals surface area contributed by atoms with Crippen molar-refractivity contribution < 1.29 is 0 Å². The van der Waals surface area contributed by atoms with Gasteiger partial charge in [-0.25, -0.2) is 4.31 Å². The highest BCUT2D eigenvalue weighted by Crippen LogP contribution is 2.30. The van der Waals surface area contributed by atoms with E-state index in [0.29, 0.717) is 5.54 Å². The summed E-state index contributed by atoms with van der Waals surface area (Å²) >= 11 is 4.18.